The number of phenols is 1. The van der Waals surface area contributed by atoms with Gasteiger partial charge in [0.2, 0.25) is 0 Å². The molecule has 0 aliphatic rings. The lowest BCUT2D eigenvalue weighted by Crippen LogP contribution is -1.96. The van der Waals surface area contributed by atoms with E-state index in [0.717, 1.165) is 5.56 Å². The van der Waals surface area contributed by atoms with Crippen LogP contribution in [0.15, 0.2) is 48.5 Å². The van der Waals surface area contributed by atoms with Crippen molar-refractivity contribution in [2.75, 3.05) is 0 Å². The van der Waals surface area contributed by atoms with Gasteiger partial charge in [-0.25, -0.2) is 0 Å². The highest BCUT2D eigenvalue weighted by Crippen LogP contribution is 2.34. The van der Waals surface area contributed by atoms with Crippen molar-refractivity contribution >= 4 is 11.6 Å². The molecule has 0 spiro atoms. The van der Waals surface area contributed by atoms with Crippen molar-refractivity contribution in [1.29, 1.82) is 0 Å². The second-order valence-electron chi connectivity index (χ2n) is 3.81. The zero-order chi connectivity index (χ0) is 11.5. The summed E-state index contributed by atoms with van der Waals surface area (Å²) >= 11 is 6.09. The SMILES string of the molecule is CC(c1ccccc1)c1cccc(O)c1Cl. The van der Waals surface area contributed by atoms with E-state index in [1.54, 1.807) is 6.07 Å². The first-order valence-corrected chi connectivity index (χ1v) is 5.60. The molecule has 2 rings (SSSR count). The molecule has 0 fully saturated rings. The van der Waals surface area contributed by atoms with Crippen LogP contribution >= 0.6 is 11.6 Å². The fraction of sp³-hybridized carbons (Fsp3) is 0.143. The Bertz CT molecular complexity index is 479. The third kappa shape index (κ3) is 2.05. The van der Waals surface area contributed by atoms with Gasteiger partial charge in [-0.1, -0.05) is 61.0 Å². The molecule has 0 saturated carbocycles. The molecule has 16 heavy (non-hydrogen) atoms. The van der Waals surface area contributed by atoms with Gasteiger partial charge >= 0.3 is 0 Å². The molecule has 0 heterocycles. The molecule has 0 bridgehead atoms. The molecule has 1 N–H and O–H groups in total. The number of hydrogen-bond donors (Lipinski definition) is 1. The molecule has 2 heteroatoms. The first-order valence-electron chi connectivity index (χ1n) is 5.22. The first-order chi connectivity index (χ1) is 7.70. The number of aromatic hydroxyl groups is 1. The summed E-state index contributed by atoms with van der Waals surface area (Å²) in [5.74, 6) is 0.322. The van der Waals surface area contributed by atoms with Crippen LogP contribution in [0.3, 0.4) is 0 Å². The minimum Gasteiger partial charge on any atom is -0.506 e. The van der Waals surface area contributed by atoms with Gasteiger partial charge in [-0.05, 0) is 17.2 Å². The van der Waals surface area contributed by atoms with Crippen molar-refractivity contribution in [1.82, 2.24) is 0 Å². The molecule has 0 aromatic heterocycles. The van der Waals surface area contributed by atoms with Crippen LogP contribution in [-0.4, -0.2) is 5.11 Å². The maximum atomic E-state index is 9.56. The predicted octanol–water partition coefficient (Wildman–Crippen LogP) is 4.20. The van der Waals surface area contributed by atoms with Crippen molar-refractivity contribution in [3.05, 3.63) is 64.7 Å². The van der Waals surface area contributed by atoms with Crippen LogP contribution < -0.4 is 0 Å². The van der Waals surface area contributed by atoms with E-state index in [-0.39, 0.29) is 11.7 Å². The number of phenolic OH excluding ortho intramolecular Hbond substituents is 1. The zero-order valence-electron chi connectivity index (χ0n) is 9.02. The lowest BCUT2D eigenvalue weighted by atomic mass is 9.93. The van der Waals surface area contributed by atoms with Crippen molar-refractivity contribution < 1.29 is 5.11 Å². The van der Waals surface area contributed by atoms with E-state index in [2.05, 4.69) is 19.1 Å². The molecule has 0 aliphatic carbocycles. The highest BCUT2D eigenvalue weighted by molar-refractivity contribution is 6.32. The van der Waals surface area contributed by atoms with Gasteiger partial charge in [0.1, 0.15) is 5.75 Å². The van der Waals surface area contributed by atoms with Gasteiger partial charge in [0.05, 0.1) is 5.02 Å². The van der Waals surface area contributed by atoms with Crippen molar-refractivity contribution in [3.63, 3.8) is 0 Å². The Morgan fingerprint density at radius 1 is 1.00 bits per heavy atom. The van der Waals surface area contributed by atoms with Gasteiger partial charge < -0.3 is 5.11 Å². The number of rotatable bonds is 2. The molecule has 1 unspecified atom stereocenters. The average Bonchev–Trinajstić information content (AvgIpc) is 2.33. The van der Waals surface area contributed by atoms with Gasteiger partial charge in [-0.2, -0.15) is 0 Å². The summed E-state index contributed by atoms with van der Waals surface area (Å²) in [5, 5.41) is 10.0. The van der Waals surface area contributed by atoms with E-state index in [9.17, 15) is 5.11 Å². The summed E-state index contributed by atoms with van der Waals surface area (Å²) in [5.41, 5.74) is 2.14. The summed E-state index contributed by atoms with van der Waals surface area (Å²) in [6, 6.07) is 15.5. The molecule has 82 valence electrons. The van der Waals surface area contributed by atoms with Gasteiger partial charge in [0.25, 0.3) is 0 Å². The lowest BCUT2D eigenvalue weighted by Gasteiger charge is -2.14. The lowest BCUT2D eigenvalue weighted by molar-refractivity contribution is 0.474. The molecule has 2 aromatic rings. The average molecular weight is 233 g/mol. The molecule has 0 amide bonds. The summed E-state index contributed by atoms with van der Waals surface area (Å²) < 4.78 is 0. The van der Waals surface area contributed by atoms with Gasteiger partial charge in [0.15, 0.2) is 0 Å². The van der Waals surface area contributed by atoms with Crippen LogP contribution in [0.2, 0.25) is 5.02 Å². The maximum Gasteiger partial charge on any atom is 0.134 e. The van der Waals surface area contributed by atoms with Crippen molar-refractivity contribution in [3.8, 4) is 5.75 Å². The van der Waals surface area contributed by atoms with Crippen LogP contribution in [0.4, 0.5) is 0 Å². The molecule has 1 atom stereocenters. The molecular formula is C14H13ClO. The third-order valence-electron chi connectivity index (χ3n) is 2.77. The fourth-order valence-electron chi connectivity index (χ4n) is 1.79. The normalized spacial score (nSPS) is 12.4. The largest absolute Gasteiger partial charge is 0.506 e. The third-order valence-corrected chi connectivity index (χ3v) is 3.19. The van der Waals surface area contributed by atoms with Gasteiger partial charge in [-0.3, -0.25) is 0 Å². The minimum atomic E-state index is 0.141. The zero-order valence-corrected chi connectivity index (χ0v) is 9.78. The Kier molecular flexibility index (Phi) is 3.16. The molecule has 2 aromatic carbocycles. The van der Waals surface area contributed by atoms with Gasteiger partial charge in [-0.15, -0.1) is 0 Å². The first kappa shape index (κ1) is 11.0. The number of hydrogen-bond acceptors (Lipinski definition) is 1. The van der Waals surface area contributed by atoms with E-state index in [1.807, 2.05) is 30.3 Å². The van der Waals surface area contributed by atoms with Crippen molar-refractivity contribution in [2.24, 2.45) is 0 Å². The highest BCUT2D eigenvalue weighted by atomic mass is 35.5. The summed E-state index contributed by atoms with van der Waals surface area (Å²) in [6.45, 7) is 2.08. The van der Waals surface area contributed by atoms with Gasteiger partial charge in [0, 0.05) is 5.92 Å². The molecule has 0 radical (unpaired) electrons. The topological polar surface area (TPSA) is 20.2 Å². The summed E-state index contributed by atoms with van der Waals surface area (Å²) in [7, 11) is 0. The number of halogens is 1. The smallest absolute Gasteiger partial charge is 0.134 e. The Hall–Kier alpha value is -1.47. The second kappa shape index (κ2) is 4.58. The Morgan fingerprint density at radius 3 is 2.38 bits per heavy atom. The standard InChI is InChI=1S/C14H13ClO/c1-10(11-6-3-2-4-7-11)12-8-5-9-13(16)14(12)15/h2-10,16H,1H3. The highest BCUT2D eigenvalue weighted by Gasteiger charge is 2.13. The van der Waals surface area contributed by atoms with E-state index in [0.29, 0.717) is 5.02 Å². The van der Waals surface area contributed by atoms with E-state index in [4.69, 9.17) is 11.6 Å². The molecule has 0 saturated heterocycles. The predicted molar refractivity (Wildman–Crippen MR) is 67.1 cm³/mol. The maximum absolute atomic E-state index is 9.56. The van der Waals surface area contributed by atoms with E-state index >= 15 is 0 Å². The summed E-state index contributed by atoms with van der Waals surface area (Å²) in [4.78, 5) is 0. The molecule has 1 nitrogen and oxygen atoms in total. The second-order valence-corrected chi connectivity index (χ2v) is 4.19. The van der Waals surface area contributed by atoms with Crippen LogP contribution in [0.25, 0.3) is 0 Å². The Labute approximate surface area is 100 Å². The van der Waals surface area contributed by atoms with E-state index < -0.39 is 0 Å². The Balaban J connectivity index is 2.42. The monoisotopic (exact) mass is 232 g/mol. The molecule has 0 aliphatic heterocycles. The quantitative estimate of drug-likeness (QED) is 0.823. The van der Waals surface area contributed by atoms with Crippen LogP contribution in [0.5, 0.6) is 5.75 Å². The van der Waals surface area contributed by atoms with Crippen LogP contribution in [0, 0.1) is 0 Å². The minimum absolute atomic E-state index is 0.141. The van der Waals surface area contributed by atoms with Crippen LogP contribution in [0.1, 0.15) is 24.0 Å². The van der Waals surface area contributed by atoms with Crippen molar-refractivity contribution in [2.45, 2.75) is 12.8 Å². The Morgan fingerprint density at radius 2 is 1.69 bits per heavy atom. The van der Waals surface area contributed by atoms with E-state index in [1.165, 1.54) is 5.56 Å². The number of benzene rings is 2. The van der Waals surface area contributed by atoms with Crippen LogP contribution in [-0.2, 0) is 0 Å². The summed E-state index contributed by atoms with van der Waals surface area (Å²) in [6.07, 6.45) is 0. The fourth-order valence-corrected chi connectivity index (χ4v) is 2.08. The molecular weight excluding hydrogens is 220 g/mol.